The van der Waals surface area contributed by atoms with Crippen molar-refractivity contribution >= 4 is 71.4 Å². The molecule has 0 aliphatic heterocycles. The van der Waals surface area contributed by atoms with Gasteiger partial charge in [0.2, 0.25) is 0 Å². The van der Waals surface area contributed by atoms with Crippen LogP contribution in [0.5, 0.6) is 11.5 Å². The zero-order valence-corrected chi connectivity index (χ0v) is 19.3. The van der Waals surface area contributed by atoms with Crippen LogP contribution in [0.25, 0.3) is 0 Å². The van der Waals surface area contributed by atoms with Crippen molar-refractivity contribution in [2.24, 2.45) is 0 Å². The van der Waals surface area contributed by atoms with E-state index in [2.05, 4.69) is 5.32 Å². The predicted molar refractivity (Wildman–Crippen MR) is 134 cm³/mol. The Labute approximate surface area is 217 Å². The Morgan fingerprint density at radius 3 is 2.39 bits per heavy atom. The standard InChI is InChI=1S/C23H19Cl2NO5S.Li.H/c1-32-21-5-3-2-4-20(21)31-11-10-30-15-7-9-19(17(13-15)23(28)29)26-22(27)16-8-6-14(24)12-18(16)25;;/h2-9,12-13H,10-11H2,1H3,(H,26,27)(H,28,29);;. The molecule has 0 saturated carbocycles. The molecule has 6 nitrogen and oxygen atoms in total. The van der Waals surface area contributed by atoms with Crippen molar-refractivity contribution in [2.75, 3.05) is 24.8 Å². The number of thioether (sulfide) groups is 1. The molecule has 0 saturated heterocycles. The number of carbonyl (C=O) groups is 2. The Balaban J connectivity index is 0.00000385. The number of anilines is 1. The van der Waals surface area contributed by atoms with E-state index in [0.29, 0.717) is 10.8 Å². The Hall–Kier alpha value is -2.27. The van der Waals surface area contributed by atoms with E-state index >= 15 is 0 Å². The van der Waals surface area contributed by atoms with Crippen molar-refractivity contribution in [3.05, 3.63) is 81.8 Å². The first-order valence-corrected chi connectivity index (χ1v) is 11.4. The number of carboxylic acid groups (broad SMARTS) is 1. The molecule has 168 valence electrons. The van der Waals surface area contributed by atoms with Gasteiger partial charge in [-0.05, 0) is 54.8 Å². The molecule has 0 atom stereocenters. The Morgan fingerprint density at radius 2 is 1.70 bits per heavy atom. The zero-order valence-electron chi connectivity index (χ0n) is 16.9. The van der Waals surface area contributed by atoms with Gasteiger partial charge in [-0.2, -0.15) is 0 Å². The van der Waals surface area contributed by atoms with Gasteiger partial charge in [-0.3, -0.25) is 4.79 Å². The number of nitrogens with one attached hydrogen (secondary N) is 1. The summed E-state index contributed by atoms with van der Waals surface area (Å²) < 4.78 is 11.4. The first-order chi connectivity index (χ1) is 15.4. The van der Waals surface area contributed by atoms with Crippen molar-refractivity contribution in [1.82, 2.24) is 0 Å². The molecular formula is C23H20Cl2LiNO5S. The van der Waals surface area contributed by atoms with Crippen molar-refractivity contribution in [3.63, 3.8) is 0 Å². The van der Waals surface area contributed by atoms with Crippen LogP contribution in [0, 0.1) is 0 Å². The molecule has 0 unspecified atom stereocenters. The summed E-state index contributed by atoms with van der Waals surface area (Å²) in [4.78, 5) is 25.2. The van der Waals surface area contributed by atoms with Crippen molar-refractivity contribution < 1.29 is 24.2 Å². The number of para-hydroxylation sites is 1. The van der Waals surface area contributed by atoms with Crippen molar-refractivity contribution in [1.29, 1.82) is 0 Å². The molecule has 0 aromatic heterocycles. The van der Waals surface area contributed by atoms with Crippen LogP contribution in [0.2, 0.25) is 10.0 Å². The Bertz CT molecular complexity index is 1150. The number of hydrogen-bond donors (Lipinski definition) is 2. The molecule has 10 heteroatoms. The van der Waals surface area contributed by atoms with Crippen LogP contribution in [0.3, 0.4) is 0 Å². The van der Waals surface area contributed by atoms with E-state index < -0.39 is 11.9 Å². The van der Waals surface area contributed by atoms with E-state index in [1.807, 2.05) is 30.5 Å². The molecule has 3 aromatic carbocycles. The van der Waals surface area contributed by atoms with E-state index in [1.165, 1.54) is 30.3 Å². The summed E-state index contributed by atoms with van der Waals surface area (Å²) in [7, 11) is 0. The number of rotatable bonds is 9. The molecule has 3 aromatic rings. The van der Waals surface area contributed by atoms with Gasteiger partial charge in [-0.1, -0.05) is 35.3 Å². The second-order valence-electron chi connectivity index (χ2n) is 6.44. The van der Waals surface area contributed by atoms with Crippen LogP contribution < -0.4 is 14.8 Å². The summed E-state index contributed by atoms with van der Waals surface area (Å²) in [5, 5.41) is 12.7. The van der Waals surface area contributed by atoms with E-state index in [1.54, 1.807) is 17.8 Å². The van der Waals surface area contributed by atoms with Crippen LogP contribution in [-0.4, -0.2) is 55.3 Å². The van der Waals surface area contributed by atoms with Gasteiger partial charge in [-0.15, -0.1) is 11.8 Å². The molecule has 3 rings (SSSR count). The SMILES string of the molecule is CSc1ccccc1OCCOc1ccc(NC(=O)c2ccc(Cl)cc2Cl)c(C(=O)O)c1.[LiH]. The fourth-order valence-corrected chi connectivity index (χ4v) is 3.85. The van der Waals surface area contributed by atoms with E-state index in [9.17, 15) is 14.7 Å². The molecule has 0 aliphatic rings. The Morgan fingerprint density at radius 1 is 0.970 bits per heavy atom. The minimum absolute atomic E-state index is 0. The van der Waals surface area contributed by atoms with Gasteiger partial charge in [0.25, 0.3) is 5.91 Å². The number of carboxylic acids is 1. The summed E-state index contributed by atoms with van der Waals surface area (Å²) >= 11 is 13.5. The molecule has 0 heterocycles. The number of benzene rings is 3. The predicted octanol–water partition coefficient (Wildman–Crippen LogP) is 5.48. The molecule has 0 bridgehead atoms. The average Bonchev–Trinajstić information content (AvgIpc) is 2.77. The second kappa shape index (κ2) is 12.8. The number of aromatic carboxylic acids is 1. The van der Waals surface area contributed by atoms with Gasteiger partial charge < -0.3 is 19.9 Å². The maximum absolute atomic E-state index is 12.5. The minimum atomic E-state index is -1.21. The van der Waals surface area contributed by atoms with E-state index in [0.717, 1.165) is 10.6 Å². The van der Waals surface area contributed by atoms with Crippen molar-refractivity contribution in [3.8, 4) is 11.5 Å². The maximum atomic E-state index is 12.5. The van der Waals surface area contributed by atoms with Crippen molar-refractivity contribution in [2.45, 2.75) is 4.90 Å². The van der Waals surface area contributed by atoms with E-state index in [4.69, 9.17) is 32.7 Å². The third-order valence-corrected chi connectivity index (χ3v) is 5.65. The number of halogens is 2. The third kappa shape index (κ3) is 7.36. The first-order valence-electron chi connectivity index (χ1n) is 9.41. The van der Waals surface area contributed by atoms with Crippen LogP contribution in [0.15, 0.2) is 65.6 Å². The number of amides is 1. The third-order valence-electron chi connectivity index (χ3n) is 4.32. The normalized spacial score (nSPS) is 10.2. The topological polar surface area (TPSA) is 84.9 Å². The van der Waals surface area contributed by atoms with Crippen LogP contribution in [0.4, 0.5) is 5.69 Å². The van der Waals surface area contributed by atoms with Crippen LogP contribution in [0.1, 0.15) is 20.7 Å². The first kappa shape index (κ1) is 27.0. The quantitative estimate of drug-likeness (QED) is 0.230. The van der Waals surface area contributed by atoms with Crippen LogP contribution >= 0.6 is 35.0 Å². The monoisotopic (exact) mass is 499 g/mol. The molecular weight excluding hydrogens is 480 g/mol. The fourth-order valence-electron chi connectivity index (χ4n) is 2.81. The van der Waals surface area contributed by atoms with Gasteiger partial charge in [0.15, 0.2) is 0 Å². The fraction of sp³-hybridized carbons (Fsp3) is 0.130. The summed E-state index contributed by atoms with van der Waals surface area (Å²) in [5.41, 5.74) is 0.177. The molecule has 2 N–H and O–H groups in total. The number of hydrogen-bond acceptors (Lipinski definition) is 5. The van der Waals surface area contributed by atoms with E-state index in [-0.39, 0.29) is 53.9 Å². The van der Waals surface area contributed by atoms with Gasteiger partial charge in [0.1, 0.15) is 24.7 Å². The number of carbonyl (C=O) groups excluding carboxylic acids is 1. The second-order valence-corrected chi connectivity index (χ2v) is 8.13. The molecule has 33 heavy (non-hydrogen) atoms. The number of ether oxygens (including phenoxy) is 2. The summed E-state index contributed by atoms with van der Waals surface area (Å²) in [5.74, 6) is -0.665. The van der Waals surface area contributed by atoms with Gasteiger partial charge in [0, 0.05) is 9.92 Å². The average molecular weight is 500 g/mol. The molecule has 0 radical (unpaired) electrons. The summed E-state index contributed by atoms with van der Waals surface area (Å²) in [6, 6.07) is 16.5. The molecule has 1 amide bonds. The van der Waals surface area contributed by atoms with Gasteiger partial charge >= 0.3 is 24.8 Å². The summed E-state index contributed by atoms with van der Waals surface area (Å²) in [6.45, 7) is 0.501. The molecule has 0 aliphatic carbocycles. The zero-order chi connectivity index (χ0) is 23.1. The molecule has 0 spiro atoms. The van der Waals surface area contributed by atoms with Gasteiger partial charge in [-0.25, -0.2) is 4.79 Å². The summed E-state index contributed by atoms with van der Waals surface area (Å²) in [6.07, 6.45) is 1.97. The van der Waals surface area contributed by atoms with Crippen LogP contribution in [-0.2, 0) is 0 Å². The Kier molecular flexibility index (Phi) is 10.5. The molecule has 0 fully saturated rings. The van der Waals surface area contributed by atoms with Gasteiger partial charge in [0.05, 0.1) is 21.8 Å².